The number of hydrogen-bond donors (Lipinski definition) is 7. The minimum atomic E-state index is -1.22. The minimum Gasteiger partial charge on any atom is -0.480 e. The summed E-state index contributed by atoms with van der Waals surface area (Å²) in [6, 6.07) is 4.53. The summed E-state index contributed by atoms with van der Waals surface area (Å²) in [6.07, 6.45) is 4.85. The van der Waals surface area contributed by atoms with Gasteiger partial charge in [0.15, 0.2) is 0 Å². The van der Waals surface area contributed by atoms with Gasteiger partial charge in [0, 0.05) is 41.8 Å². The molecule has 0 aliphatic carbocycles. The molecule has 180 valence electrons. The number of H-pyrrole nitrogens is 2. The summed E-state index contributed by atoms with van der Waals surface area (Å²) in [4.78, 5) is 58.9. The normalized spacial score (nSPS) is 13.6. The van der Waals surface area contributed by atoms with Crippen molar-refractivity contribution in [3.05, 3.63) is 54.2 Å². The third kappa shape index (κ3) is 6.42. The molecule has 12 heteroatoms. The summed E-state index contributed by atoms with van der Waals surface area (Å²) >= 11 is 0. The molecule has 0 fully saturated rings. The van der Waals surface area contributed by atoms with Gasteiger partial charge in [0.2, 0.25) is 17.7 Å². The van der Waals surface area contributed by atoms with Gasteiger partial charge in [-0.1, -0.05) is 18.2 Å². The van der Waals surface area contributed by atoms with E-state index in [1.807, 2.05) is 24.3 Å². The largest absolute Gasteiger partial charge is 0.480 e. The Balaban J connectivity index is 1.82. The van der Waals surface area contributed by atoms with E-state index in [0.29, 0.717) is 5.69 Å². The number of aromatic nitrogens is 3. The fourth-order valence-corrected chi connectivity index (χ4v) is 3.42. The zero-order valence-electron chi connectivity index (χ0n) is 18.5. The number of carboxylic acids is 1. The summed E-state index contributed by atoms with van der Waals surface area (Å²) in [7, 11) is 0. The molecule has 12 nitrogen and oxygen atoms in total. The number of aliphatic carboxylic acids is 1. The fourth-order valence-electron chi connectivity index (χ4n) is 3.42. The molecule has 0 saturated carbocycles. The van der Waals surface area contributed by atoms with Gasteiger partial charge < -0.3 is 36.8 Å². The van der Waals surface area contributed by atoms with Gasteiger partial charge in [-0.15, -0.1) is 0 Å². The minimum absolute atomic E-state index is 0.0399. The lowest BCUT2D eigenvalue weighted by molar-refractivity contribution is -0.138. The first-order chi connectivity index (χ1) is 16.2. The van der Waals surface area contributed by atoms with Crippen LogP contribution in [0.4, 0.5) is 0 Å². The first-order valence-corrected chi connectivity index (χ1v) is 10.6. The first kappa shape index (κ1) is 24.5. The lowest BCUT2D eigenvalue weighted by atomic mass is 10.0. The van der Waals surface area contributed by atoms with Crippen LogP contribution in [0, 0.1) is 0 Å². The molecule has 2 aromatic heterocycles. The number of nitrogens with two attached hydrogens (primary N) is 1. The van der Waals surface area contributed by atoms with Crippen molar-refractivity contribution in [2.75, 3.05) is 6.54 Å². The van der Waals surface area contributed by atoms with Crippen LogP contribution in [0.5, 0.6) is 0 Å². The number of rotatable bonds is 11. The molecule has 3 amide bonds. The van der Waals surface area contributed by atoms with Crippen molar-refractivity contribution in [3.8, 4) is 0 Å². The molecule has 3 rings (SSSR count). The number of amides is 3. The van der Waals surface area contributed by atoms with Gasteiger partial charge >= 0.3 is 5.97 Å². The Morgan fingerprint density at radius 2 is 1.74 bits per heavy atom. The van der Waals surface area contributed by atoms with E-state index in [2.05, 4.69) is 30.9 Å². The zero-order chi connectivity index (χ0) is 24.7. The quantitative estimate of drug-likeness (QED) is 0.191. The van der Waals surface area contributed by atoms with E-state index >= 15 is 0 Å². The number of hydrogen-bond acceptors (Lipinski definition) is 6. The molecule has 3 atom stereocenters. The Bertz CT molecular complexity index is 1160. The van der Waals surface area contributed by atoms with E-state index in [-0.39, 0.29) is 12.8 Å². The van der Waals surface area contributed by atoms with E-state index in [1.165, 1.54) is 19.4 Å². The predicted octanol–water partition coefficient (Wildman–Crippen LogP) is -0.806. The molecule has 0 radical (unpaired) electrons. The molecule has 0 aliphatic rings. The maximum absolute atomic E-state index is 13.2. The van der Waals surface area contributed by atoms with Crippen molar-refractivity contribution in [1.29, 1.82) is 0 Å². The van der Waals surface area contributed by atoms with Gasteiger partial charge in [-0.25, -0.2) is 4.98 Å². The Hall–Kier alpha value is -4.19. The number of fused-ring (bicyclic) bond motifs is 1. The lowest BCUT2D eigenvalue weighted by Gasteiger charge is -2.23. The summed E-state index contributed by atoms with van der Waals surface area (Å²) in [5.41, 5.74) is 7.90. The van der Waals surface area contributed by atoms with Crippen LogP contribution in [0.2, 0.25) is 0 Å². The van der Waals surface area contributed by atoms with Crippen molar-refractivity contribution in [2.24, 2.45) is 5.73 Å². The Labute approximate surface area is 194 Å². The standard InChI is InChI=1S/C22H27N7O5/c1-12(23)20(32)28-17(6-13-8-25-16-5-3-2-4-15(13)16)22(34)29-18(7-14-9-24-11-27-14)21(33)26-10-19(30)31/h2-5,8-9,11-12,17-18,25H,6-7,10,23H2,1H3,(H,24,27)(H,26,33)(H,28,32)(H,29,34)(H,30,31). The number of carbonyl (C=O) groups excluding carboxylic acids is 3. The van der Waals surface area contributed by atoms with E-state index < -0.39 is 48.4 Å². The van der Waals surface area contributed by atoms with Crippen molar-refractivity contribution < 1.29 is 24.3 Å². The molecule has 0 bridgehead atoms. The van der Waals surface area contributed by atoms with Crippen LogP contribution in [-0.4, -0.2) is 68.4 Å². The SMILES string of the molecule is CC(N)C(=O)NC(Cc1c[nH]c2ccccc12)C(=O)NC(Cc1cnc[nH]1)C(=O)NCC(=O)O. The van der Waals surface area contributed by atoms with Gasteiger partial charge in [-0.05, 0) is 18.6 Å². The molecule has 2 heterocycles. The number of para-hydroxylation sites is 1. The zero-order valence-corrected chi connectivity index (χ0v) is 18.5. The fraction of sp³-hybridized carbons (Fsp3) is 0.318. The summed E-state index contributed by atoms with van der Waals surface area (Å²) in [5, 5.41) is 17.3. The second kappa shape index (κ2) is 11.1. The van der Waals surface area contributed by atoms with E-state index in [9.17, 15) is 19.2 Å². The second-order valence-electron chi connectivity index (χ2n) is 7.87. The van der Waals surface area contributed by atoms with E-state index in [1.54, 1.807) is 6.20 Å². The van der Waals surface area contributed by atoms with Crippen LogP contribution in [0.3, 0.4) is 0 Å². The number of aromatic amines is 2. The Kier molecular flexibility index (Phi) is 7.98. The molecule has 8 N–H and O–H groups in total. The van der Waals surface area contributed by atoms with Gasteiger partial charge in [0.1, 0.15) is 18.6 Å². The second-order valence-corrected chi connectivity index (χ2v) is 7.87. The molecular weight excluding hydrogens is 442 g/mol. The van der Waals surface area contributed by atoms with Gasteiger partial charge in [0.25, 0.3) is 0 Å². The van der Waals surface area contributed by atoms with Crippen LogP contribution in [0.25, 0.3) is 10.9 Å². The molecule has 0 saturated heterocycles. The topological polar surface area (TPSA) is 195 Å². The molecule has 0 spiro atoms. The Morgan fingerprint density at radius 1 is 1.03 bits per heavy atom. The third-order valence-electron chi connectivity index (χ3n) is 5.17. The molecular formula is C22H27N7O5. The Morgan fingerprint density at radius 3 is 2.41 bits per heavy atom. The van der Waals surface area contributed by atoms with Crippen molar-refractivity contribution in [2.45, 2.75) is 37.9 Å². The molecule has 3 aromatic rings. The third-order valence-corrected chi connectivity index (χ3v) is 5.17. The molecule has 1 aromatic carbocycles. The van der Waals surface area contributed by atoms with E-state index in [4.69, 9.17) is 10.8 Å². The van der Waals surface area contributed by atoms with Gasteiger partial charge in [-0.2, -0.15) is 0 Å². The smallest absolute Gasteiger partial charge is 0.322 e. The number of imidazole rings is 1. The van der Waals surface area contributed by atoms with Crippen molar-refractivity contribution >= 4 is 34.6 Å². The monoisotopic (exact) mass is 469 g/mol. The van der Waals surface area contributed by atoms with E-state index in [0.717, 1.165) is 16.5 Å². The molecule has 0 aliphatic heterocycles. The lowest BCUT2D eigenvalue weighted by Crippen LogP contribution is -2.56. The average Bonchev–Trinajstić information content (AvgIpc) is 3.46. The maximum Gasteiger partial charge on any atom is 0.322 e. The molecule has 34 heavy (non-hydrogen) atoms. The highest BCUT2D eigenvalue weighted by Gasteiger charge is 2.29. The summed E-state index contributed by atoms with van der Waals surface area (Å²) in [6.45, 7) is 0.894. The summed E-state index contributed by atoms with van der Waals surface area (Å²) < 4.78 is 0. The van der Waals surface area contributed by atoms with Crippen LogP contribution in [0.15, 0.2) is 43.0 Å². The molecule has 3 unspecified atom stereocenters. The van der Waals surface area contributed by atoms with Crippen LogP contribution in [0.1, 0.15) is 18.2 Å². The highest BCUT2D eigenvalue weighted by Crippen LogP contribution is 2.19. The van der Waals surface area contributed by atoms with Crippen LogP contribution < -0.4 is 21.7 Å². The number of carboxylic acid groups (broad SMARTS) is 1. The van der Waals surface area contributed by atoms with Gasteiger partial charge in [-0.3, -0.25) is 19.2 Å². The van der Waals surface area contributed by atoms with Crippen LogP contribution in [-0.2, 0) is 32.0 Å². The highest BCUT2D eigenvalue weighted by molar-refractivity contribution is 5.94. The van der Waals surface area contributed by atoms with Crippen LogP contribution >= 0.6 is 0 Å². The number of benzene rings is 1. The number of nitrogens with zero attached hydrogens (tertiary/aromatic N) is 1. The first-order valence-electron chi connectivity index (χ1n) is 10.6. The average molecular weight is 470 g/mol. The predicted molar refractivity (Wildman–Crippen MR) is 122 cm³/mol. The van der Waals surface area contributed by atoms with Crippen molar-refractivity contribution in [3.63, 3.8) is 0 Å². The number of carbonyl (C=O) groups is 4. The van der Waals surface area contributed by atoms with Crippen molar-refractivity contribution in [1.82, 2.24) is 30.9 Å². The van der Waals surface area contributed by atoms with Gasteiger partial charge in [0.05, 0.1) is 12.4 Å². The highest BCUT2D eigenvalue weighted by atomic mass is 16.4. The summed E-state index contributed by atoms with van der Waals surface area (Å²) in [5.74, 6) is -3.05. The number of nitrogens with one attached hydrogen (secondary N) is 5. The maximum atomic E-state index is 13.2.